The monoisotopic (exact) mass is 365 g/mol. The van der Waals surface area contributed by atoms with E-state index in [0.29, 0.717) is 4.47 Å². The lowest BCUT2D eigenvalue weighted by Crippen LogP contribution is -2.47. The standard InChI is InChI=1S/C10H9BrCl2F3NO/c1-4(17)9(10(14,15)16)18-8-3-6(12)5(11)2-7(8)13/h2-4,9H,17H2,1H3. The molecule has 0 saturated carbocycles. The van der Waals surface area contributed by atoms with Crippen molar-refractivity contribution in [1.82, 2.24) is 0 Å². The highest BCUT2D eigenvalue weighted by Crippen LogP contribution is 2.36. The minimum absolute atomic E-state index is 0.0150. The molecule has 0 heterocycles. The zero-order chi connectivity index (χ0) is 14.1. The average molecular weight is 367 g/mol. The molecule has 2 nitrogen and oxygen atoms in total. The summed E-state index contributed by atoms with van der Waals surface area (Å²) in [5, 5.41) is 0.209. The second kappa shape index (κ2) is 5.86. The van der Waals surface area contributed by atoms with Gasteiger partial charge in [-0.15, -0.1) is 0 Å². The highest BCUT2D eigenvalue weighted by Gasteiger charge is 2.44. The van der Waals surface area contributed by atoms with Crippen LogP contribution in [0.15, 0.2) is 16.6 Å². The summed E-state index contributed by atoms with van der Waals surface area (Å²) >= 11 is 14.6. The van der Waals surface area contributed by atoms with Gasteiger partial charge in [0.2, 0.25) is 6.10 Å². The molecular formula is C10H9BrCl2F3NO. The molecule has 0 aliphatic carbocycles. The zero-order valence-electron chi connectivity index (χ0n) is 9.06. The quantitative estimate of drug-likeness (QED) is 0.804. The van der Waals surface area contributed by atoms with Crippen molar-refractivity contribution in [3.05, 3.63) is 26.7 Å². The lowest BCUT2D eigenvalue weighted by molar-refractivity contribution is -0.199. The molecule has 0 spiro atoms. The van der Waals surface area contributed by atoms with E-state index in [1.54, 1.807) is 0 Å². The summed E-state index contributed by atoms with van der Waals surface area (Å²) in [5.41, 5.74) is 5.26. The van der Waals surface area contributed by atoms with E-state index < -0.39 is 18.3 Å². The Hall–Kier alpha value is -0.170. The van der Waals surface area contributed by atoms with Gasteiger partial charge in [-0.05, 0) is 28.9 Å². The molecule has 0 radical (unpaired) electrons. The molecule has 0 aromatic heterocycles. The zero-order valence-corrected chi connectivity index (χ0v) is 12.2. The molecule has 0 amide bonds. The van der Waals surface area contributed by atoms with Crippen molar-refractivity contribution in [3.8, 4) is 5.75 Å². The minimum atomic E-state index is -4.59. The van der Waals surface area contributed by atoms with E-state index in [2.05, 4.69) is 15.9 Å². The minimum Gasteiger partial charge on any atom is -0.478 e. The van der Waals surface area contributed by atoms with Gasteiger partial charge >= 0.3 is 6.18 Å². The van der Waals surface area contributed by atoms with Gasteiger partial charge < -0.3 is 10.5 Å². The summed E-state index contributed by atoms with van der Waals surface area (Å²) < 4.78 is 43.3. The van der Waals surface area contributed by atoms with Gasteiger partial charge in [-0.2, -0.15) is 13.2 Å². The van der Waals surface area contributed by atoms with Gasteiger partial charge in [0.1, 0.15) is 5.75 Å². The summed E-state index contributed by atoms with van der Waals surface area (Å²) in [6.45, 7) is 1.20. The second-order valence-corrected chi connectivity index (χ2v) is 5.30. The van der Waals surface area contributed by atoms with E-state index in [1.807, 2.05) is 0 Å². The van der Waals surface area contributed by atoms with Crippen LogP contribution >= 0.6 is 39.1 Å². The van der Waals surface area contributed by atoms with Crippen LogP contribution in [0.1, 0.15) is 6.92 Å². The number of hydrogen-bond donors (Lipinski definition) is 1. The predicted octanol–water partition coefficient (Wildman–Crippen LogP) is 4.41. The van der Waals surface area contributed by atoms with Crippen molar-refractivity contribution in [2.24, 2.45) is 5.73 Å². The second-order valence-electron chi connectivity index (χ2n) is 3.64. The van der Waals surface area contributed by atoms with Crippen LogP contribution in [0, 0.1) is 0 Å². The topological polar surface area (TPSA) is 35.2 Å². The van der Waals surface area contributed by atoms with E-state index in [9.17, 15) is 13.2 Å². The van der Waals surface area contributed by atoms with Crippen LogP contribution in [0.3, 0.4) is 0 Å². The van der Waals surface area contributed by atoms with E-state index in [4.69, 9.17) is 33.7 Å². The Kier molecular flexibility index (Phi) is 5.17. The fraction of sp³-hybridized carbons (Fsp3) is 0.400. The highest BCUT2D eigenvalue weighted by molar-refractivity contribution is 9.10. The van der Waals surface area contributed by atoms with Crippen molar-refractivity contribution in [3.63, 3.8) is 0 Å². The first-order chi connectivity index (χ1) is 8.12. The molecule has 0 aliphatic rings. The number of rotatable bonds is 3. The maximum Gasteiger partial charge on any atom is 0.426 e. The van der Waals surface area contributed by atoms with Crippen LogP contribution in [0.2, 0.25) is 10.0 Å². The Morgan fingerprint density at radius 3 is 2.28 bits per heavy atom. The SMILES string of the molecule is CC(N)C(Oc1cc(Cl)c(Br)cc1Cl)C(F)(F)F. The molecule has 0 saturated heterocycles. The summed E-state index contributed by atoms with van der Waals surface area (Å²) in [4.78, 5) is 0. The van der Waals surface area contributed by atoms with Gasteiger partial charge in [0.15, 0.2) is 0 Å². The van der Waals surface area contributed by atoms with Gasteiger partial charge in [0.05, 0.1) is 10.0 Å². The van der Waals surface area contributed by atoms with Gasteiger partial charge in [0.25, 0.3) is 0 Å². The molecule has 8 heteroatoms. The van der Waals surface area contributed by atoms with Gasteiger partial charge in [-0.25, -0.2) is 0 Å². The Morgan fingerprint density at radius 1 is 1.28 bits per heavy atom. The van der Waals surface area contributed by atoms with Crippen LogP contribution in [-0.2, 0) is 0 Å². The van der Waals surface area contributed by atoms with Crippen LogP contribution in [-0.4, -0.2) is 18.3 Å². The number of alkyl halides is 3. The van der Waals surface area contributed by atoms with Crippen molar-refractivity contribution in [1.29, 1.82) is 0 Å². The summed E-state index contributed by atoms with van der Waals surface area (Å²) in [6.07, 6.45) is -6.73. The van der Waals surface area contributed by atoms with Crippen molar-refractivity contribution in [2.75, 3.05) is 0 Å². The van der Waals surface area contributed by atoms with Crippen molar-refractivity contribution < 1.29 is 17.9 Å². The van der Waals surface area contributed by atoms with Gasteiger partial charge in [0, 0.05) is 16.6 Å². The van der Waals surface area contributed by atoms with Crippen molar-refractivity contribution in [2.45, 2.75) is 25.2 Å². The molecular weight excluding hydrogens is 358 g/mol. The Bertz CT molecular complexity index is 440. The lowest BCUT2D eigenvalue weighted by Gasteiger charge is -2.25. The Labute approximate surface area is 120 Å². The largest absolute Gasteiger partial charge is 0.478 e. The van der Waals surface area contributed by atoms with E-state index >= 15 is 0 Å². The molecule has 2 atom stereocenters. The maximum absolute atomic E-state index is 12.7. The van der Waals surface area contributed by atoms with Crippen LogP contribution in [0.25, 0.3) is 0 Å². The summed E-state index contributed by atoms with van der Waals surface area (Å²) in [5.74, 6) is -0.163. The first-order valence-electron chi connectivity index (χ1n) is 4.76. The molecule has 2 N–H and O–H groups in total. The average Bonchev–Trinajstić information content (AvgIpc) is 2.19. The molecule has 1 rings (SSSR count). The number of benzene rings is 1. The molecule has 0 fully saturated rings. The molecule has 102 valence electrons. The van der Waals surface area contributed by atoms with E-state index in [-0.39, 0.29) is 15.8 Å². The molecule has 18 heavy (non-hydrogen) atoms. The normalized spacial score (nSPS) is 15.3. The molecule has 0 aliphatic heterocycles. The number of ether oxygens (including phenoxy) is 1. The third-order valence-corrected chi connectivity index (χ3v) is 3.52. The molecule has 1 aromatic carbocycles. The molecule has 2 unspecified atom stereocenters. The van der Waals surface area contributed by atoms with Crippen molar-refractivity contribution >= 4 is 39.1 Å². The molecule has 0 bridgehead atoms. The van der Waals surface area contributed by atoms with E-state index in [1.165, 1.54) is 19.1 Å². The first-order valence-corrected chi connectivity index (χ1v) is 6.31. The predicted molar refractivity (Wildman–Crippen MR) is 68.3 cm³/mol. The van der Waals surface area contributed by atoms with Gasteiger partial charge in [-0.1, -0.05) is 23.2 Å². The number of hydrogen-bond acceptors (Lipinski definition) is 2. The van der Waals surface area contributed by atoms with E-state index in [0.717, 1.165) is 0 Å². The maximum atomic E-state index is 12.7. The first kappa shape index (κ1) is 15.9. The smallest absolute Gasteiger partial charge is 0.426 e. The molecule has 1 aromatic rings. The number of halogens is 6. The fourth-order valence-corrected chi connectivity index (χ4v) is 2.04. The fourth-order valence-electron chi connectivity index (χ4n) is 1.20. The van der Waals surface area contributed by atoms with Crippen LogP contribution < -0.4 is 10.5 Å². The number of nitrogens with two attached hydrogens (primary N) is 1. The Balaban J connectivity index is 3.05. The third-order valence-electron chi connectivity index (χ3n) is 2.03. The van der Waals surface area contributed by atoms with Crippen LogP contribution in [0.5, 0.6) is 5.75 Å². The highest BCUT2D eigenvalue weighted by atomic mass is 79.9. The third kappa shape index (κ3) is 3.91. The Morgan fingerprint density at radius 2 is 1.83 bits per heavy atom. The summed E-state index contributed by atoms with van der Waals surface area (Å²) in [7, 11) is 0. The van der Waals surface area contributed by atoms with Crippen LogP contribution in [0.4, 0.5) is 13.2 Å². The summed E-state index contributed by atoms with van der Waals surface area (Å²) in [6, 6.07) is 1.33. The lowest BCUT2D eigenvalue weighted by atomic mass is 10.2. The van der Waals surface area contributed by atoms with Gasteiger partial charge in [-0.3, -0.25) is 0 Å².